The molecule has 96 valence electrons. The summed E-state index contributed by atoms with van der Waals surface area (Å²) in [5.41, 5.74) is 1.59. The van der Waals surface area contributed by atoms with Crippen LogP contribution >= 0.6 is 0 Å². The molecule has 0 bridgehead atoms. The van der Waals surface area contributed by atoms with Crippen molar-refractivity contribution < 1.29 is 23.9 Å². The number of esters is 1. The molecule has 0 amide bonds. The number of carbonyl (C=O) groups is 1. The number of carbonyl (C=O) groups excluding carboxylic acids is 1. The molecule has 0 fully saturated rings. The molecule has 0 saturated carbocycles. The molecule has 0 radical (unpaired) electrons. The van der Waals surface area contributed by atoms with Crippen LogP contribution in [0.5, 0.6) is 5.75 Å². The SMILES string of the molecule is COC(=O)CCC1OB(O)c2cc(OC)ccc21. The normalized spacial score (nSPS) is 17.5. The summed E-state index contributed by atoms with van der Waals surface area (Å²) in [6, 6.07) is 5.41. The van der Waals surface area contributed by atoms with Gasteiger partial charge in [0, 0.05) is 6.42 Å². The number of hydrogen-bond donors (Lipinski definition) is 1. The lowest BCUT2D eigenvalue weighted by Crippen LogP contribution is -2.27. The largest absolute Gasteiger partial charge is 0.497 e. The molecule has 1 aliphatic rings. The summed E-state index contributed by atoms with van der Waals surface area (Å²) in [7, 11) is 1.96. The van der Waals surface area contributed by atoms with E-state index in [0.29, 0.717) is 17.6 Å². The first-order valence-corrected chi connectivity index (χ1v) is 5.74. The van der Waals surface area contributed by atoms with Crippen LogP contribution in [-0.4, -0.2) is 32.3 Å². The Bertz CT molecular complexity index is 448. The van der Waals surface area contributed by atoms with Crippen LogP contribution in [0.4, 0.5) is 0 Å². The summed E-state index contributed by atoms with van der Waals surface area (Å²) in [6.07, 6.45) is 0.475. The van der Waals surface area contributed by atoms with E-state index in [9.17, 15) is 9.82 Å². The third kappa shape index (κ3) is 2.49. The monoisotopic (exact) mass is 250 g/mol. The van der Waals surface area contributed by atoms with Gasteiger partial charge in [0.05, 0.1) is 20.3 Å². The van der Waals surface area contributed by atoms with Crippen molar-refractivity contribution in [3.05, 3.63) is 23.8 Å². The summed E-state index contributed by atoms with van der Waals surface area (Å²) in [6.45, 7) is 0. The Morgan fingerprint density at radius 1 is 1.50 bits per heavy atom. The smallest absolute Gasteiger partial charge is 0.492 e. The minimum absolute atomic E-state index is 0.263. The number of benzene rings is 1. The molecule has 1 aliphatic heterocycles. The molecule has 5 nitrogen and oxygen atoms in total. The molecule has 1 atom stereocenters. The predicted molar refractivity (Wildman–Crippen MR) is 65.7 cm³/mol. The maximum absolute atomic E-state index is 11.1. The first-order valence-electron chi connectivity index (χ1n) is 5.74. The highest BCUT2D eigenvalue weighted by Gasteiger charge is 2.35. The van der Waals surface area contributed by atoms with E-state index in [2.05, 4.69) is 4.74 Å². The van der Waals surface area contributed by atoms with E-state index in [0.717, 1.165) is 5.56 Å². The van der Waals surface area contributed by atoms with Gasteiger partial charge in [0.15, 0.2) is 0 Å². The number of rotatable bonds is 4. The van der Waals surface area contributed by atoms with Crippen LogP contribution in [0.15, 0.2) is 18.2 Å². The zero-order chi connectivity index (χ0) is 13.1. The standard InChI is InChI=1S/C12H15BO5/c1-16-8-3-4-9-10(7-8)13(15)18-11(9)5-6-12(14)17-2/h3-4,7,11,15H,5-6H2,1-2H3. The molecule has 1 N–H and O–H groups in total. The van der Waals surface area contributed by atoms with Crippen LogP contribution < -0.4 is 10.2 Å². The molecule has 1 heterocycles. The van der Waals surface area contributed by atoms with Gasteiger partial charge in [-0.05, 0) is 29.6 Å². The van der Waals surface area contributed by atoms with Crippen molar-refractivity contribution in [1.82, 2.24) is 0 Å². The van der Waals surface area contributed by atoms with E-state index < -0.39 is 7.12 Å². The summed E-state index contributed by atoms with van der Waals surface area (Å²) < 4.78 is 15.1. The lowest BCUT2D eigenvalue weighted by Gasteiger charge is -2.11. The van der Waals surface area contributed by atoms with E-state index in [4.69, 9.17) is 9.39 Å². The van der Waals surface area contributed by atoms with E-state index >= 15 is 0 Å². The third-order valence-electron chi connectivity index (χ3n) is 3.04. The highest BCUT2D eigenvalue weighted by atomic mass is 16.5. The topological polar surface area (TPSA) is 65.0 Å². The van der Waals surface area contributed by atoms with Crippen LogP contribution in [-0.2, 0) is 14.2 Å². The first kappa shape index (κ1) is 12.9. The quantitative estimate of drug-likeness (QED) is 0.619. The second kappa shape index (κ2) is 5.41. The van der Waals surface area contributed by atoms with Gasteiger partial charge in [-0.3, -0.25) is 4.79 Å². The Hall–Kier alpha value is -1.53. The van der Waals surface area contributed by atoms with Gasteiger partial charge in [-0.25, -0.2) is 0 Å². The van der Waals surface area contributed by atoms with Crippen molar-refractivity contribution in [3.8, 4) is 5.75 Å². The van der Waals surface area contributed by atoms with Gasteiger partial charge < -0.3 is 19.2 Å². The highest BCUT2D eigenvalue weighted by Crippen LogP contribution is 2.29. The van der Waals surface area contributed by atoms with Gasteiger partial charge >= 0.3 is 13.1 Å². The molecule has 1 aromatic carbocycles. The number of ether oxygens (including phenoxy) is 2. The van der Waals surface area contributed by atoms with Crippen molar-refractivity contribution in [2.75, 3.05) is 14.2 Å². The first-order chi connectivity index (χ1) is 8.65. The van der Waals surface area contributed by atoms with Crippen molar-refractivity contribution in [2.24, 2.45) is 0 Å². The maximum Gasteiger partial charge on any atom is 0.492 e. The number of methoxy groups -OCH3 is 2. The fraction of sp³-hybridized carbons (Fsp3) is 0.417. The van der Waals surface area contributed by atoms with Crippen molar-refractivity contribution in [3.63, 3.8) is 0 Å². The molecule has 6 heteroatoms. The van der Waals surface area contributed by atoms with Crippen molar-refractivity contribution in [2.45, 2.75) is 18.9 Å². The van der Waals surface area contributed by atoms with Crippen LogP contribution in [0.2, 0.25) is 0 Å². The Balaban J connectivity index is 2.12. The molecule has 1 aromatic rings. The van der Waals surface area contributed by atoms with Crippen molar-refractivity contribution >= 4 is 18.6 Å². The van der Waals surface area contributed by atoms with E-state index in [1.807, 2.05) is 12.1 Å². The average molecular weight is 250 g/mol. The highest BCUT2D eigenvalue weighted by molar-refractivity contribution is 6.61. The molecule has 1 unspecified atom stereocenters. The molecule has 2 rings (SSSR count). The summed E-state index contributed by atoms with van der Waals surface area (Å²) in [5.74, 6) is 0.389. The molecule has 0 spiro atoms. The second-order valence-electron chi connectivity index (χ2n) is 4.09. The number of hydrogen-bond acceptors (Lipinski definition) is 5. The molecular formula is C12H15BO5. The van der Waals surface area contributed by atoms with E-state index in [1.165, 1.54) is 7.11 Å². The van der Waals surface area contributed by atoms with Crippen LogP contribution in [0, 0.1) is 0 Å². The molecule has 0 saturated heterocycles. The summed E-state index contributed by atoms with van der Waals surface area (Å²) in [5, 5.41) is 9.80. The van der Waals surface area contributed by atoms with Gasteiger partial charge in [-0.1, -0.05) is 6.07 Å². The lowest BCUT2D eigenvalue weighted by molar-refractivity contribution is -0.141. The fourth-order valence-corrected chi connectivity index (χ4v) is 2.06. The molecule has 18 heavy (non-hydrogen) atoms. The average Bonchev–Trinajstić information content (AvgIpc) is 2.72. The van der Waals surface area contributed by atoms with Gasteiger partial charge in [0.1, 0.15) is 5.75 Å². The van der Waals surface area contributed by atoms with Gasteiger partial charge in [0.2, 0.25) is 0 Å². The maximum atomic E-state index is 11.1. The fourth-order valence-electron chi connectivity index (χ4n) is 2.06. The molecule has 0 aromatic heterocycles. The lowest BCUT2D eigenvalue weighted by atomic mass is 9.79. The summed E-state index contributed by atoms with van der Waals surface area (Å²) >= 11 is 0. The Labute approximate surface area is 106 Å². The van der Waals surface area contributed by atoms with E-state index in [-0.39, 0.29) is 18.5 Å². The van der Waals surface area contributed by atoms with Crippen LogP contribution in [0.25, 0.3) is 0 Å². The molecule has 0 aliphatic carbocycles. The van der Waals surface area contributed by atoms with E-state index in [1.54, 1.807) is 13.2 Å². The molecular weight excluding hydrogens is 235 g/mol. The van der Waals surface area contributed by atoms with Gasteiger partial charge in [-0.15, -0.1) is 0 Å². The van der Waals surface area contributed by atoms with Crippen LogP contribution in [0.1, 0.15) is 24.5 Å². The zero-order valence-corrected chi connectivity index (χ0v) is 10.4. The second-order valence-corrected chi connectivity index (χ2v) is 4.09. The minimum atomic E-state index is -0.960. The Morgan fingerprint density at radius 3 is 2.94 bits per heavy atom. The number of fused-ring (bicyclic) bond motifs is 1. The van der Waals surface area contributed by atoms with Crippen LogP contribution in [0.3, 0.4) is 0 Å². The summed E-state index contributed by atoms with van der Waals surface area (Å²) in [4.78, 5) is 11.1. The van der Waals surface area contributed by atoms with Crippen molar-refractivity contribution in [1.29, 1.82) is 0 Å². The third-order valence-corrected chi connectivity index (χ3v) is 3.04. The van der Waals surface area contributed by atoms with Gasteiger partial charge in [0.25, 0.3) is 0 Å². The van der Waals surface area contributed by atoms with Gasteiger partial charge in [-0.2, -0.15) is 0 Å². The minimum Gasteiger partial charge on any atom is -0.497 e. The Kier molecular flexibility index (Phi) is 3.89. The Morgan fingerprint density at radius 2 is 2.28 bits per heavy atom. The zero-order valence-electron chi connectivity index (χ0n) is 10.4. The predicted octanol–water partition coefficient (Wildman–Crippen LogP) is 0.407.